The van der Waals surface area contributed by atoms with E-state index in [4.69, 9.17) is 5.14 Å². The fraction of sp³-hybridized carbons (Fsp3) is 0.533. The number of amides is 1. The number of benzene rings is 1. The maximum Gasteiger partial charge on any atom is 0.254 e. The highest BCUT2D eigenvalue weighted by Crippen LogP contribution is 2.26. The molecule has 1 amide bonds. The van der Waals surface area contributed by atoms with Crippen LogP contribution in [0.2, 0.25) is 0 Å². The molecule has 6 heteroatoms. The lowest BCUT2D eigenvalue weighted by atomic mass is 10.1. The van der Waals surface area contributed by atoms with Gasteiger partial charge < -0.3 is 4.90 Å². The molecule has 1 aliphatic carbocycles. The zero-order valence-corrected chi connectivity index (χ0v) is 13.3. The third-order valence-corrected chi connectivity index (χ3v) is 5.03. The first-order valence-corrected chi connectivity index (χ1v) is 8.83. The van der Waals surface area contributed by atoms with Crippen LogP contribution < -0.4 is 5.14 Å². The first kappa shape index (κ1) is 16.0. The zero-order chi connectivity index (χ0) is 15.6. The maximum atomic E-state index is 12.7. The molecule has 0 radical (unpaired) electrons. The molecule has 1 aliphatic rings. The number of rotatable bonds is 4. The Hall–Kier alpha value is -1.40. The Morgan fingerprint density at radius 2 is 1.95 bits per heavy atom. The van der Waals surface area contributed by atoms with E-state index in [9.17, 15) is 13.2 Å². The van der Waals surface area contributed by atoms with Crippen LogP contribution in [0.5, 0.6) is 0 Å². The fourth-order valence-corrected chi connectivity index (χ4v) is 3.59. The maximum absolute atomic E-state index is 12.7. The summed E-state index contributed by atoms with van der Waals surface area (Å²) in [4.78, 5) is 14.6. The first-order chi connectivity index (χ1) is 9.84. The van der Waals surface area contributed by atoms with Gasteiger partial charge in [0.2, 0.25) is 10.0 Å². The van der Waals surface area contributed by atoms with Crippen LogP contribution in [0.3, 0.4) is 0 Å². The number of primary sulfonamides is 1. The Labute approximate surface area is 126 Å². The molecule has 0 saturated heterocycles. The van der Waals surface area contributed by atoms with Crippen molar-refractivity contribution < 1.29 is 13.2 Å². The molecule has 5 nitrogen and oxygen atoms in total. The van der Waals surface area contributed by atoms with Crippen LogP contribution in [-0.4, -0.2) is 31.8 Å². The molecule has 1 saturated carbocycles. The van der Waals surface area contributed by atoms with Crippen molar-refractivity contribution in [3.63, 3.8) is 0 Å². The van der Waals surface area contributed by atoms with E-state index in [0.717, 1.165) is 25.7 Å². The van der Waals surface area contributed by atoms with Crippen molar-refractivity contribution in [1.29, 1.82) is 0 Å². The molecular formula is C15H22N2O3S. The molecule has 0 heterocycles. The summed E-state index contributed by atoms with van der Waals surface area (Å²) in [6, 6.07) is 4.73. The lowest BCUT2D eigenvalue weighted by Crippen LogP contribution is -2.39. The molecular weight excluding hydrogens is 288 g/mol. The summed E-state index contributed by atoms with van der Waals surface area (Å²) in [5, 5.41) is 5.11. The number of aryl methyl sites for hydroxylation is 1. The molecule has 2 rings (SSSR count). The molecule has 1 aromatic carbocycles. The van der Waals surface area contributed by atoms with Crippen LogP contribution in [-0.2, 0) is 10.0 Å². The fourth-order valence-electron chi connectivity index (χ4n) is 2.99. The third-order valence-electron chi connectivity index (χ3n) is 4.12. The topological polar surface area (TPSA) is 80.5 Å². The van der Waals surface area contributed by atoms with Gasteiger partial charge in [-0.2, -0.15) is 0 Å². The molecule has 116 valence electrons. The SMILES string of the molecule is CCN(C(=O)c1ccc(S(N)(=O)=O)cc1C)C1CCCC1. The van der Waals surface area contributed by atoms with E-state index < -0.39 is 10.0 Å². The first-order valence-electron chi connectivity index (χ1n) is 7.29. The molecule has 0 unspecified atom stereocenters. The van der Waals surface area contributed by atoms with Crippen LogP contribution in [0, 0.1) is 6.92 Å². The number of hydrogen-bond donors (Lipinski definition) is 1. The minimum Gasteiger partial charge on any atom is -0.336 e. The average molecular weight is 310 g/mol. The summed E-state index contributed by atoms with van der Waals surface area (Å²) in [7, 11) is -3.73. The number of nitrogens with two attached hydrogens (primary N) is 1. The van der Waals surface area contributed by atoms with Crippen molar-refractivity contribution in [2.24, 2.45) is 5.14 Å². The number of carbonyl (C=O) groups excluding carboxylic acids is 1. The quantitative estimate of drug-likeness (QED) is 0.924. The highest BCUT2D eigenvalue weighted by molar-refractivity contribution is 7.89. The van der Waals surface area contributed by atoms with E-state index in [1.165, 1.54) is 12.1 Å². The lowest BCUT2D eigenvalue weighted by Gasteiger charge is -2.28. The highest BCUT2D eigenvalue weighted by atomic mass is 32.2. The van der Waals surface area contributed by atoms with Crippen molar-refractivity contribution in [3.8, 4) is 0 Å². The number of carbonyl (C=O) groups is 1. The van der Waals surface area contributed by atoms with Gasteiger partial charge in [0, 0.05) is 18.2 Å². The predicted molar refractivity (Wildman–Crippen MR) is 81.5 cm³/mol. The second-order valence-electron chi connectivity index (χ2n) is 5.55. The van der Waals surface area contributed by atoms with Crippen LogP contribution in [0.25, 0.3) is 0 Å². The average Bonchev–Trinajstić information content (AvgIpc) is 2.92. The van der Waals surface area contributed by atoms with Crippen LogP contribution >= 0.6 is 0 Å². The molecule has 0 bridgehead atoms. The normalized spacial score (nSPS) is 16.1. The summed E-state index contributed by atoms with van der Waals surface area (Å²) >= 11 is 0. The van der Waals surface area contributed by atoms with E-state index in [1.807, 2.05) is 11.8 Å². The number of sulfonamides is 1. The summed E-state index contributed by atoms with van der Waals surface area (Å²) in [5.74, 6) is -0.0251. The van der Waals surface area contributed by atoms with Gasteiger partial charge in [0.25, 0.3) is 5.91 Å². The van der Waals surface area contributed by atoms with Gasteiger partial charge in [-0.15, -0.1) is 0 Å². The Morgan fingerprint density at radius 1 is 1.33 bits per heavy atom. The van der Waals surface area contributed by atoms with Gasteiger partial charge >= 0.3 is 0 Å². The standard InChI is InChI=1S/C15H22N2O3S/c1-3-17(12-6-4-5-7-12)15(18)14-9-8-13(10-11(14)2)21(16,19)20/h8-10,12H,3-7H2,1-2H3,(H2,16,19,20). The molecule has 1 aromatic rings. The lowest BCUT2D eigenvalue weighted by molar-refractivity contribution is 0.0692. The largest absolute Gasteiger partial charge is 0.336 e. The van der Waals surface area contributed by atoms with Gasteiger partial charge in [-0.25, -0.2) is 13.6 Å². The van der Waals surface area contributed by atoms with Crippen molar-refractivity contribution in [1.82, 2.24) is 4.90 Å². The Morgan fingerprint density at radius 3 is 2.43 bits per heavy atom. The van der Waals surface area contributed by atoms with E-state index in [-0.39, 0.29) is 10.8 Å². The van der Waals surface area contributed by atoms with Gasteiger partial charge in [0.15, 0.2) is 0 Å². The van der Waals surface area contributed by atoms with E-state index >= 15 is 0 Å². The van der Waals surface area contributed by atoms with Gasteiger partial charge in [0.1, 0.15) is 0 Å². The highest BCUT2D eigenvalue weighted by Gasteiger charge is 2.27. The monoisotopic (exact) mass is 310 g/mol. The van der Waals surface area contributed by atoms with Crippen LogP contribution in [0.15, 0.2) is 23.1 Å². The van der Waals surface area contributed by atoms with Crippen LogP contribution in [0.1, 0.15) is 48.5 Å². The minimum atomic E-state index is -3.73. The molecule has 2 N–H and O–H groups in total. The second kappa shape index (κ2) is 6.15. The molecule has 0 aliphatic heterocycles. The third kappa shape index (κ3) is 3.44. The van der Waals surface area contributed by atoms with Gasteiger partial charge in [-0.1, -0.05) is 12.8 Å². The second-order valence-corrected chi connectivity index (χ2v) is 7.11. The van der Waals surface area contributed by atoms with Crippen molar-refractivity contribution in [2.75, 3.05) is 6.54 Å². The summed E-state index contributed by atoms with van der Waals surface area (Å²) in [6.07, 6.45) is 4.43. The molecule has 0 atom stereocenters. The van der Waals surface area contributed by atoms with Gasteiger partial charge in [-0.3, -0.25) is 4.79 Å². The minimum absolute atomic E-state index is 0.0251. The Bertz CT molecular complexity index is 634. The Balaban J connectivity index is 2.30. The number of nitrogens with zero attached hydrogens (tertiary/aromatic N) is 1. The van der Waals surface area contributed by atoms with E-state index in [2.05, 4.69) is 0 Å². The molecule has 0 aromatic heterocycles. The molecule has 0 spiro atoms. The van der Waals surface area contributed by atoms with Crippen LogP contribution in [0.4, 0.5) is 0 Å². The molecule has 1 fully saturated rings. The van der Waals surface area contributed by atoms with Crippen molar-refractivity contribution >= 4 is 15.9 Å². The zero-order valence-electron chi connectivity index (χ0n) is 12.5. The van der Waals surface area contributed by atoms with Crippen molar-refractivity contribution in [3.05, 3.63) is 29.3 Å². The molecule has 21 heavy (non-hydrogen) atoms. The smallest absolute Gasteiger partial charge is 0.254 e. The summed E-state index contributed by atoms with van der Waals surface area (Å²) in [6.45, 7) is 4.38. The van der Waals surface area contributed by atoms with Crippen molar-refractivity contribution in [2.45, 2.75) is 50.5 Å². The summed E-state index contributed by atoms with van der Waals surface area (Å²) in [5.41, 5.74) is 1.19. The predicted octanol–water partition coefficient (Wildman–Crippen LogP) is 2.05. The van der Waals surface area contributed by atoms with E-state index in [1.54, 1.807) is 13.0 Å². The Kier molecular flexibility index (Phi) is 4.68. The van der Waals surface area contributed by atoms with E-state index in [0.29, 0.717) is 23.7 Å². The van der Waals surface area contributed by atoms with Gasteiger partial charge in [-0.05, 0) is 50.5 Å². The number of hydrogen-bond acceptors (Lipinski definition) is 3. The summed E-state index contributed by atoms with van der Waals surface area (Å²) < 4.78 is 22.7. The van der Waals surface area contributed by atoms with Gasteiger partial charge in [0.05, 0.1) is 4.90 Å².